The molecule has 0 amide bonds. The van der Waals surface area contributed by atoms with Crippen LogP contribution in [0.15, 0.2) is 48.5 Å². The largest absolute Gasteiger partial charge is 0.457 e. The third kappa shape index (κ3) is 4.36. The van der Waals surface area contributed by atoms with Crippen molar-refractivity contribution in [1.29, 1.82) is 0 Å². The highest BCUT2D eigenvalue weighted by Crippen LogP contribution is 2.43. The van der Waals surface area contributed by atoms with Crippen LogP contribution in [-0.4, -0.2) is 39.4 Å². The van der Waals surface area contributed by atoms with Crippen molar-refractivity contribution in [3.05, 3.63) is 59.7 Å². The van der Waals surface area contributed by atoms with Crippen molar-refractivity contribution in [2.75, 3.05) is 6.61 Å². The number of thioether (sulfide) groups is 1. The van der Waals surface area contributed by atoms with Crippen molar-refractivity contribution in [2.45, 2.75) is 42.5 Å². The quantitative estimate of drug-likeness (QED) is 0.763. The molecular weight excluding hydrogens is 336 g/mol. The molecule has 1 aliphatic rings. The van der Waals surface area contributed by atoms with E-state index in [1.807, 2.05) is 48.5 Å². The van der Waals surface area contributed by atoms with Gasteiger partial charge in [-0.25, -0.2) is 0 Å². The van der Waals surface area contributed by atoms with Gasteiger partial charge in [-0.15, -0.1) is 11.8 Å². The Hall–Kier alpha value is -1.53. The van der Waals surface area contributed by atoms with E-state index in [2.05, 4.69) is 6.92 Å². The molecule has 0 spiro atoms. The summed E-state index contributed by atoms with van der Waals surface area (Å²) < 4.78 is 5.92. The monoisotopic (exact) mass is 360 g/mol. The molecule has 25 heavy (non-hydrogen) atoms. The van der Waals surface area contributed by atoms with Gasteiger partial charge in [0, 0.05) is 5.25 Å². The van der Waals surface area contributed by atoms with Crippen LogP contribution in [0.2, 0.25) is 0 Å². The summed E-state index contributed by atoms with van der Waals surface area (Å²) in [6.45, 7) is 2.10. The lowest BCUT2D eigenvalue weighted by molar-refractivity contribution is 0.00525. The van der Waals surface area contributed by atoms with Crippen LogP contribution in [0.4, 0.5) is 0 Å². The number of aryl methyl sites for hydroxylation is 1. The average Bonchev–Trinajstić information content (AvgIpc) is 2.64. The van der Waals surface area contributed by atoms with Crippen molar-refractivity contribution in [2.24, 2.45) is 0 Å². The van der Waals surface area contributed by atoms with E-state index in [4.69, 9.17) is 4.74 Å². The van der Waals surface area contributed by atoms with Crippen molar-refractivity contribution < 1.29 is 20.1 Å². The number of hydrogen-bond acceptors (Lipinski definition) is 5. The van der Waals surface area contributed by atoms with Gasteiger partial charge in [0.05, 0.1) is 24.1 Å². The minimum absolute atomic E-state index is 0.00901. The van der Waals surface area contributed by atoms with Crippen molar-refractivity contribution in [3.63, 3.8) is 0 Å². The lowest BCUT2D eigenvalue weighted by Crippen LogP contribution is -2.39. The Morgan fingerprint density at radius 3 is 2.52 bits per heavy atom. The molecule has 4 atom stereocenters. The average molecular weight is 360 g/mol. The van der Waals surface area contributed by atoms with Crippen LogP contribution in [0.3, 0.4) is 0 Å². The summed E-state index contributed by atoms with van der Waals surface area (Å²) in [5, 5.41) is 29.5. The van der Waals surface area contributed by atoms with Gasteiger partial charge in [-0.1, -0.05) is 31.2 Å². The predicted molar refractivity (Wildman–Crippen MR) is 100 cm³/mol. The maximum Gasteiger partial charge on any atom is 0.127 e. The molecule has 1 aliphatic heterocycles. The van der Waals surface area contributed by atoms with E-state index in [0.717, 1.165) is 17.7 Å². The van der Waals surface area contributed by atoms with E-state index in [9.17, 15) is 15.3 Å². The summed E-state index contributed by atoms with van der Waals surface area (Å²) in [5.41, 5.74) is 2.14. The third-order valence-electron chi connectivity index (χ3n) is 4.51. The summed E-state index contributed by atoms with van der Waals surface area (Å²) in [6.07, 6.45) is -0.291. The minimum atomic E-state index is -0.855. The van der Waals surface area contributed by atoms with Crippen LogP contribution in [-0.2, 0) is 6.42 Å². The van der Waals surface area contributed by atoms with Gasteiger partial charge in [0.15, 0.2) is 0 Å². The number of hydrogen-bond donors (Lipinski definition) is 3. The van der Waals surface area contributed by atoms with Crippen LogP contribution >= 0.6 is 11.8 Å². The fraction of sp³-hybridized carbons (Fsp3) is 0.400. The Morgan fingerprint density at radius 1 is 1.08 bits per heavy atom. The molecule has 0 bridgehead atoms. The molecule has 1 fully saturated rings. The fourth-order valence-corrected chi connectivity index (χ4v) is 4.49. The Morgan fingerprint density at radius 2 is 1.84 bits per heavy atom. The minimum Gasteiger partial charge on any atom is -0.457 e. The Balaban J connectivity index is 1.78. The topological polar surface area (TPSA) is 69.9 Å². The molecule has 2 aromatic carbocycles. The molecule has 1 heterocycles. The van der Waals surface area contributed by atoms with Crippen molar-refractivity contribution >= 4 is 11.8 Å². The zero-order valence-corrected chi connectivity index (χ0v) is 15.0. The first kappa shape index (κ1) is 18.3. The maximum absolute atomic E-state index is 10.3. The van der Waals surface area contributed by atoms with Crippen LogP contribution in [0.1, 0.15) is 29.7 Å². The third-order valence-corrected chi connectivity index (χ3v) is 6.08. The number of aliphatic hydroxyl groups excluding tert-OH is 3. The Labute approximate surface area is 152 Å². The smallest absolute Gasteiger partial charge is 0.127 e. The molecule has 4 nitrogen and oxygen atoms in total. The maximum atomic E-state index is 10.3. The van der Waals surface area contributed by atoms with Gasteiger partial charge in [-0.05, 0) is 48.2 Å². The van der Waals surface area contributed by atoms with Crippen LogP contribution in [0, 0.1) is 0 Å². The normalized spacial score (nSPS) is 26.4. The highest BCUT2D eigenvalue weighted by atomic mass is 32.2. The number of aliphatic hydroxyl groups is 3. The van der Waals surface area contributed by atoms with Gasteiger partial charge >= 0.3 is 0 Å². The van der Waals surface area contributed by atoms with E-state index in [-0.39, 0.29) is 17.1 Å². The second-order valence-corrected chi connectivity index (χ2v) is 7.77. The van der Waals surface area contributed by atoms with Crippen LogP contribution < -0.4 is 4.74 Å². The lowest BCUT2D eigenvalue weighted by Gasteiger charge is -2.36. The zero-order chi connectivity index (χ0) is 17.8. The van der Waals surface area contributed by atoms with E-state index in [1.165, 1.54) is 17.3 Å². The first-order valence-electron chi connectivity index (χ1n) is 8.60. The predicted octanol–water partition coefficient (Wildman–Crippen LogP) is 3.30. The molecule has 134 valence electrons. The number of rotatable bonds is 5. The second kappa shape index (κ2) is 8.23. The number of ether oxygens (including phenoxy) is 1. The summed E-state index contributed by atoms with van der Waals surface area (Å²) in [6, 6.07) is 15.5. The van der Waals surface area contributed by atoms with Gasteiger partial charge < -0.3 is 20.1 Å². The van der Waals surface area contributed by atoms with Gasteiger partial charge in [-0.3, -0.25) is 0 Å². The number of benzene rings is 2. The molecule has 1 saturated heterocycles. The second-order valence-electron chi connectivity index (χ2n) is 6.33. The molecule has 3 N–H and O–H groups in total. The van der Waals surface area contributed by atoms with E-state index in [0.29, 0.717) is 12.2 Å². The van der Waals surface area contributed by atoms with E-state index in [1.54, 1.807) is 0 Å². The van der Waals surface area contributed by atoms with Gasteiger partial charge in [-0.2, -0.15) is 0 Å². The highest BCUT2D eigenvalue weighted by Gasteiger charge is 2.37. The van der Waals surface area contributed by atoms with Gasteiger partial charge in [0.25, 0.3) is 0 Å². The SMILES string of the molecule is CCc1ccc(Oc2cccc([C@@H]3S[C@H](CO)C[C@H](O)[C@H]3O)c2)cc1. The summed E-state index contributed by atoms with van der Waals surface area (Å²) in [4.78, 5) is 0. The summed E-state index contributed by atoms with van der Waals surface area (Å²) in [5.74, 6) is 1.45. The van der Waals surface area contributed by atoms with Crippen LogP contribution in [0.25, 0.3) is 0 Å². The molecule has 3 rings (SSSR count). The molecule has 0 aromatic heterocycles. The van der Waals surface area contributed by atoms with Crippen LogP contribution in [0.5, 0.6) is 11.5 Å². The standard InChI is InChI=1S/C20H24O4S/c1-2-13-6-8-15(9-7-13)24-16-5-3-4-14(10-16)20-19(23)18(22)11-17(12-21)25-20/h3-10,17-23H,2,11-12H2,1H3/t17-,18-,19+,20-/m0/s1. The highest BCUT2D eigenvalue weighted by molar-refractivity contribution is 8.00. The zero-order valence-electron chi connectivity index (χ0n) is 14.2. The molecule has 0 saturated carbocycles. The first-order chi connectivity index (χ1) is 12.1. The Kier molecular flexibility index (Phi) is 6.02. The summed E-state index contributed by atoms with van der Waals surface area (Å²) in [7, 11) is 0. The molecule has 2 aromatic rings. The molecular formula is C20H24O4S. The van der Waals surface area contributed by atoms with Crippen molar-refractivity contribution in [1.82, 2.24) is 0 Å². The summed E-state index contributed by atoms with van der Waals surface area (Å²) >= 11 is 1.50. The van der Waals surface area contributed by atoms with Gasteiger partial charge in [0.2, 0.25) is 0 Å². The van der Waals surface area contributed by atoms with Crippen molar-refractivity contribution in [3.8, 4) is 11.5 Å². The van der Waals surface area contributed by atoms with E-state index >= 15 is 0 Å². The first-order valence-corrected chi connectivity index (χ1v) is 9.54. The van der Waals surface area contributed by atoms with E-state index < -0.39 is 12.2 Å². The molecule has 0 aliphatic carbocycles. The molecule has 0 unspecified atom stereocenters. The van der Waals surface area contributed by atoms with Gasteiger partial charge in [0.1, 0.15) is 11.5 Å². The molecule has 5 heteroatoms. The fourth-order valence-electron chi connectivity index (χ4n) is 3.03. The molecule has 0 radical (unpaired) electrons. The lowest BCUT2D eigenvalue weighted by atomic mass is 9.99. The Bertz CT molecular complexity index is 688.